The van der Waals surface area contributed by atoms with Gasteiger partial charge in [0.15, 0.2) is 0 Å². The van der Waals surface area contributed by atoms with E-state index in [9.17, 15) is 0 Å². The number of nitrogens with one attached hydrogen (secondary N) is 1. The van der Waals surface area contributed by atoms with Crippen LogP contribution in [-0.2, 0) is 0 Å². The van der Waals surface area contributed by atoms with Crippen molar-refractivity contribution in [2.45, 2.75) is 6.92 Å². The van der Waals surface area contributed by atoms with Crippen LogP contribution in [0.5, 0.6) is 0 Å². The van der Waals surface area contributed by atoms with E-state index < -0.39 is 0 Å². The Bertz CT molecular complexity index is 86.6. The summed E-state index contributed by atoms with van der Waals surface area (Å²) in [5.74, 6) is 0. The largest absolute Gasteiger partial charge is 0.399 e. The fourth-order valence-electron chi connectivity index (χ4n) is 0.279. The summed E-state index contributed by atoms with van der Waals surface area (Å²) in [6.45, 7) is 1.73. The second-order valence-corrected chi connectivity index (χ2v) is 1.56. The van der Waals surface area contributed by atoms with Crippen LogP contribution in [0.15, 0.2) is 11.4 Å². The standard InChI is InChI=1S/C5H12N2O/c1-4(7-2)5(6)3-8/h7-8H,3,6H2,1-2H3/b5-4-. The van der Waals surface area contributed by atoms with Crippen molar-refractivity contribution in [3.63, 3.8) is 0 Å². The number of hydrogen-bond donors (Lipinski definition) is 3. The average molecular weight is 116 g/mol. The zero-order valence-electron chi connectivity index (χ0n) is 5.23. The first-order valence-electron chi connectivity index (χ1n) is 2.46. The molecule has 4 N–H and O–H groups in total. The summed E-state index contributed by atoms with van der Waals surface area (Å²) in [5, 5.41) is 11.2. The van der Waals surface area contributed by atoms with E-state index in [0.717, 1.165) is 5.70 Å². The Labute approximate surface area is 49.2 Å². The number of nitrogens with two attached hydrogens (primary N) is 1. The van der Waals surface area contributed by atoms with Crippen molar-refractivity contribution in [1.82, 2.24) is 5.32 Å². The summed E-state index contributed by atoms with van der Waals surface area (Å²) in [6, 6.07) is 0. The molecule has 0 aromatic rings. The van der Waals surface area contributed by atoms with Crippen molar-refractivity contribution in [1.29, 1.82) is 0 Å². The minimum Gasteiger partial charge on any atom is -0.399 e. The van der Waals surface area contributed by atoms with Crippen LogP contribution < -0.4 is 11.1 Å². The lowest BCUT2D eigenvalue weighted by atomic mass is 10.4. The predicted molar refractivity (Wildman–Crippen MR) is 33.0 cm³/mol. The molecule has 0 spiro atoms. The van der Waals surface area contributed by atoms with E-state index in [-0.39, 0.29) is 6.61 Å². The van der Waals surface area contributed by atoms with Gasteiger partial charge in [-0.25, -0.2) is 0 Å². The van der Waals surface area contributed by atoms with Gasteiger partial charge in [-0.1, -0.05) is 0 Å². The molecule has 0 atom stereocenters. The van der Waals surface area contributed by atoms with Crippen LogP contribution in [0.4, 0.5) is 0 Å². The van der Waals surface area contributed by atoms with Crippen molar-refractivity contribution >= 4 is 0 Å². The van der Waals surface area contributed by atoms with Gasteiger partial charge in [0.2, 0.25) is 0 Å². The number of allylic oxidation sites excluding steroid dienone is 1. The molecule has 8 heavy (non-hydrogen) atoms. The van der Waals surface area contributed by atoms with Gasteiger partial charge < -0.3 is 16.2 Å². The summed E-state index contributed by atoms with van der Waals surface area (Å²) >= 11 is 0. The van der Waals surface area contributed by atoms with Gasteiger partial charge >= 0.3 is 0 Å². The minimum atomic E-state index is -0.0767. The molecule has 0 rings (SSSR count). The monoisotopic (exact) mass is 116 g/mol. The number of aliphatic hydroxyl groups is 1. The maximum Gasteiger partial charge on any atom is 0.0842 e. The topological polar surface area (TPSA) is 58.3 Å². The van der Waals surface area contributed by atoms with Gasteiger partial charge in [0.05, 0.1) is 12.3 Å². The van der Waals surface area contributed by atoms with Gasteiger partial charge in [0.25, 0.3) is 0 Å². The highest BCUT2D eigenvalue weighted by atomic mass is 16.3. The maximum atomic E-state index is 8.41. The quantitative estimate of drug-likeness (QED) is 0.451. The van der Waals surface area contributed by atoms with Crippen LogP contribution in [0.3, 0.4) is 0 Å². The van der Waals surface area contributed by atoms with Gasteiger partial charge in [-0.15, -0.1) is 0 Å². The molecule has 0 unspecified atom stereocenters. The molecular weight excluding hydrogens is 104 g/mol. The van der Waals surface area contributed by atoms with E-state index in [0.29, 0.717) is 5.70 Å². The fourth-order valence-corrected chi connectivity index (χ4v) is 0.279. The van der Waals surface area contributed by atoms with E-state index in [1.165, 1.54) is 0 Å². The molecule has 3 nitrogen and oxygen atoms in total. The second kappa shape index (κ2) is 3.32. The molecule has 0 saturated carbocycles. The normalized spacial score (nSPS) is 12.9. The molecule has 0 amide bonds. The summed E-state index contributed by atoms with van der Waals surface area (Å²) in [6.07, 6.45) is 0. The molecule has 0 fully saturated rings. The minimum absolute atomic E-state index is 0.0767. The Balaban J connectivity index is 3.83. The number of rotatable bonds is 2. The maximum absolute atomic E-state index is 8.41. The lowest BCUT2D eigenvalue weighted by Crippen LogP contribution is -2.13. The van der Waals surface area contributed by atoms with Crippen LogP contribution in [0, 0.1) is 0 Å². The van der Waals surface area contributed by atoms with Crippen LogP contribution in [0.25, 0.3) is 0 Å². The Morgan fingerprint density at radius 1 is 1.75 bits per heavy atom. The molecule has 0 aliphatic carbocycles. The molecule has 0 aromatic heterocycles. The Morgan fingerprint density at radius 2 is 2.25 bits per heavy atom. The number of aliphatic hydroxyl groups excluding tert-OH is 1. The molecule has 0 bridgehead atoms. The van der Waals surface area contributed by atoms with E-state index in [1.54, 1.807) is 7.05 Å². The first-order chi connectivity index (χ1) is 3.72. The number of hydrogen-bond acceptors (Lipinski definition) is 3. The lowest BCUT2D eigenvalue weighted by molar-refractivity contribution is 0.327. The highest BCUT2D eigenvalue weighted by molar-refractivity contribution is 5.05. The SMILES string of the molecule is CN/C(C)=C(\N)CO. The van der Waals surface area contributed by atoms with Crippen molar-refractivity contribution in [2.75, 3.05) is 13.7 Å². The zero-order chi connectivity index (χ0) is 6.57. The van der Waals surface area contributed by atoms with Crippen LogP contribution in [0.2, 0.25) is 0 Å². The zero-order valence-corrected chi connectivity index (χ0v) is 5.23. The molecule has 0 saturated heterocycles. The highest BCUT2D eigenvalue weighted by Crippen LogP contribution is 1.88. The third-order valence-corrected chi connectivity index (χ3v) is 1.03. The van der Waals surface area contributed by atoms with Crippen molar-refractivity contribution in [3.8, 4) is 0 Å². The van der Waals surface area contributed by atoms with E-state index in [1.807, 2.05) is 6.92 Å². The van der Waals surface area contributed by atoms with Gasteiger partial charge in [-0.05, 0) is 6.92 Å². The summed E-state index contributed by atoms with van der Waals surface area (Å²) < 4.78 is 0. The second-order valence-electron chi connectivity index (χ2n) is 1.56. The Kier molecular flexibility index (Phi) is 3.03. The average Bonchev–Trinajstić information content (AvgIpc) is 1.84. The molecule has 0 heterocycles. The molecule has 0 aliphatic heterocycles. The molecule has 0 radical (unpaired) electrons. The lowest BCUT2D eigenvalue weighted by Gasteiger charge is -2.01. The van der Waals surface area contributed by atoms with Crippen molar-refractivity contribution < 1.29 is 5.11 Å². The molecule has 0 aliphatic rings. The summed E-state index contributed by atoms with van der Waals surface area (Å²) in [7, 11) is 1.76. The van der Waals surface area contributed by atoms with Crippen LogP contribution >= 0.6 is 0 Å². The van der Waals surface area contributed by atoms with Gasteiger partial charge in [-0.3, -0.25) is 0 Å². The smallest absolute Gasteiger partial charge is 0.0842 e. The highest BCUT2D eigenvalue weighted by Gasteiger charge is 1.89. The summed E-state index contributed by atoms with van der Waals surface area (Å²) in [5.41, 5.74) is 6.61. The summed E-state index contributed by atoms with van der Waals surface area (Å²) in [4.78, 5) is 0. The Morgan fingerprint density at radius 3 is 2.38 bits per heavy atom. The van der Waals surface area contributed by atoms with Crippen LogP contribution in [0.1, 0.15) is 6.92 Å². The van der Waals surface area contributed by atoms with Crippen molar-refractivity contribution in [2.24, 2.45) is 5.73 Å². The van der Waals surface area contributed by atoms with Gasteiger partial charge in [0, 0.05) is 12.7 Å². The third kappa shape index (κ3) is 1.84. The molecule has 48 valence electrons. The first kappa shape index (κ1) is 7.30. The molecule has 3 heteroatoms. The van der Waals surface area contributed by atoms with E-state index >= 15 is 0 Å². The first-order valence-corrected chi connectivity index (χ1v) is 2.46. The van der Waals surface area contributed by atoms with Gasteiger partial charge in [0.1, 0.15) is 0 Å². The third-order valence-electron chi connectivity index (χ3n) is 1.03. The molecular formula is C5H12N2O. The fraction of sp³-hybridized carbons (Fsp3) is 0.600. The van der Waals surface area contributed by atoms with Crippen LogP contribution in [-0.4, -0.2) is 18.8 Å². The predicted octanol–water partition coefficient (Wildman–Crippen LogP) is -0.612. The van der Waals surface area contributed by atoms with Gasteiger partial charge in [-0.2, -0.15) is 0 Å². The van der Waals surface area contributed by atoms with Crippen molar-refractivity contribution in [3.05, 3.63) is 11.4 Å². The van der Waals surface area contributed by atoms with E-state index in [2.05, 4.69) is 5.32 Å². The Hall–Kier alpha value is -0.700. The van der Waals surface area contributed by atoms with E-state index in [4.69, 9.17) is 10.8 Å². The molecule has 0 aromatic carbocycles.